The first-order valence-corrected chi connectivity index (χ1v) is 13.8. The van der Waals surface area contributed by atoms with Gasteiger partial charge in [-0.05, 0) is 78.4 Å². The number of carbonyl (C=O) groups is 1. The Balaban J connectivity index is 1.28. The summed E-state index contributed by atoms with van der Waals surface area (Å²) in [6.45, 7) is 3.53. The number of rotatable bonds is 8. The SMILES string of the molecule is CCS(=O)(=O)c1ccc(CNC(=O)c2ccc(N3CCC(Cc4ccc(C(F)(F)F)cc4)C3)cc2)cc1. The van der Waals surface area contributed by atoms with Crippen LogP contribution >= 0.6 is 0 Å². The molecule has 0 spiro atoms. The summed E-state index contributed by atoms with van der Waals surface area (Å²) in [6.07, 6.45) is -2.65. The van der Waals surface area contributed by atoms with Gasteiger partial charge in [0, 0.05) is 30.9 Å². The molecule has 196 valence electrons. The van der Waals surface area contributed by atoms with Crippen molar-refractivity contribution in [2.75, 3.05) is 23.7 Å². The van der Waals surface area contributed by atoms with Crippen molar-refractivity contribution in [3.63, 3.8) is 0 Å². The average Bonchev–Trinajstić information content (AvgIpc) is 3.36. The Morgan fingerprint density at radius 3 is 2.16 bits per heavy atom. The zero-order valence-electron chi connectivity index (χ0n) is 20.5. The maximum Gasteiger partial charge on any atom is 0.416 e. The third-order valence-corrected chi connectivity index (χ3v) is 8.45. The zero-order valence-corrected chi connectivity index (χ0v) is 21.3. The van der Waals surface area contributed by atoms with E-state index in [2.05, 4.69) is 10.2 Å². The van der Waals surface area contributed by atoms with Gasteiger partial charge in [-0.1, -0.05) is 31.2 Å². The van der Waals surface area contributed by atoms with Crippen LogP contribution in [0.15, 0.2) is 77.7 Å². The van der Waals surface area contributed by atoms with Crippen molar-refractivity contribution >= 4 is 21.4 Å². The van der Waals surface area contributed by atoms with Crippen LogP contribution in [-0.4, -0.2) is 33.2 Å². The van der Waals surface area contributed by atoms with Crippen LogP contribution < -0.4 is 10.2 Å². The number of carbonyl (C=O) groups excluding carboxylic acids is 1. The van der Waals surface area contributed by atoms with Crippen LogP contribution in [0.5, 0.6) is 0 Å². The highest BCUT2D eigenvalue weighted by molar-refractivity contribution is 7.91. The summed E-state index contributed by atoms with van der Waals surface area (Å²) in [4.78, 5) is 15.1. The topological polar surface area (TPSA) is 66.5 Å². The summed E-state index contributed by atoms with van der Waals surface area (Å²) >= 11 is 0. The van der Waals surface area contributed by atoms with E-state index in [1.165, 1.54) is 0 Å². The fourth-order valence-corrected chi connectivity index (χ4v) is 5.37. The smallest absolute Gasteiger partial charge is 0.371 e. The molecule has 1 atom stereocenters. The molecule has 3 aromatic carbocycles. The van der Waals surface area contributed by atoms with Crippen molar-refractivity contribution < 1.29 is 26.4 Å². The number of benzene rings is 3. The Labute approximate surface area is 215 Å². The monoisotopic (exact) mass is 530 g/mol. The molecule has 1 fully saturated rings. The van der Waals surface area contributed by atoms with Gasteiger partial charge >= 0.3 is 6.18 Å². The third kappa shape index (κ3) is 6.71. The molecule has 0 aliphatic carbocycles. The quantitative estimate of drug-likeness (QED) is 0.418. The first kappa shape index (κ1) is 26.7. The van der Waals surface area contributed by atoms with Gasteiger partial charge in [-0.2, -0.15) is 13.2 Å². The van der Waals surface area contributed by atoms with Crippen molar-refractivity contribution in [1.82, 2.24) is 5.32 Å². The average molecular weight is 531 g/mol. The molecule has 3 aromatic rings. The van der Waals surface area contributed by atoms with Crippen LogP contribution in [0.2, 0.25) is 0 Å². The Kier molecular flexibility index (Phi) is 7.92. The molecule has 37 heavy (non-hydrogen) atoms. The molecule has 1 N–H and O–H groups in total. The van der Waals surface area contributed by atoms with Crippen LogP contribution in [0.3, 0.4) is 0 Å². The number of nitrogens with one attached hydrogen (secondary N) is 1. The lowest BCUT2D eigenvalue weighted by Crippen LogP contribution is -2.23. The fourth-order valence-electron chi connectivity index (χ4n) is 4.49. The van der Waals surface area contributed by atoms with E-state index >= 15 is 0 Å². The highest BCUT2D eigenvalue weighted by Crippen LogP contribution is 2.31. The summed E-state index contributed by atoms with van der Waals surface area (Å²) < 4.78 is 62.2. The number of hydrogen-bond donors (Lipinski definition) is 1. The molecule has 9 heteroatoms. The molecule has 5 nitrogen and oxygen atoms in total. The largest absolute Gasteiger partial charge is 0.416 e. The van der Waals surface area contributed by atoms with Crippen LogP contribution in [-0.2, 0) is 29.0 Å². The van der Waals surface area contributed by atoms with E-state index in [0.717, 1.165) is 54.9 Å². The standard InChI is InChI=1S/C28H29F3N2O3S/c1-2-37(35,36)26-13-5-21(6-14-26)18-32-27(34)23-7-11-25(12-8-23)33-16-15-22(19-33)17-20-3-9-24(10-4-20)28(29,30)31/h3-14,22H,2,15-19H2,1H3,(H,32,34). The van der Waals surface area contributed by atoms with E-state index < -0.39 is 21.6 Å². The minimum atomic E-state index is -4.32. The van der Waals surface area contributed by atoms with Gasteiger partial charge in [-0.25, -0.2) is 8.42 Å². The van der Waals surface area contributed by atoms with Gasteiger partial charge in [0.05, 0.1) is 16.2 Å². The van der Waals surface area contributed by atoms with E-state index in [9.17, 15) is 26.4 Å². The molecule has 1 aliphatic heterocycles. The highest BCUT2D eigenvalue weighted by Gasteiger charge is 2.30. The van der Waals surface area contributed by atoms with Crippen LogP contribution in [0.4, 0.5) is 18.9 Å². The molecule has 1 unspecified atom stereocenters. The second-order valence-corrected chi connectivity index (χ2v) is 11.6. The Hall–Kier alpha value is -3.33. The molecule has 1 heterocycles. The molecular formula is C28H29F3N2O3S. The summed E-state index contributed by atoms with van der Waals surface area (Å²) in [7, 11) is -3.26. The van der Waals surface area contributed by atoms with Crippen molar-refractivity contribution in [3.8, 4) is 0 Å². The van der Waals surface area contributed by atoms with Crippen LogP contribution in [0.25, 0.3) is 0 Å². The minimum absolute atomic E-state index is 0.0380. The maximum absolute atomic E-state index is 12.8. The summed E-state index contributed by atoms with van der Waals surface area (Å²) in [5, 5.41) is 2.85. The minimum Gasteiger partial charge on any atom is -0.371 e. The van der Waals surface area contributed by atoms with E-state index in [0.29, 0.717) is 11.5 Å². The van der Waals surface area contributed by atoms with Gasteiger partial charge in [-0.15, -0.1) is 0 Å². The Morgan fingerprint density at radius 1 is 0.946 bits per heavy atom. The van der Waals surface area contributed by atoms with Crippen LogP contribution in [0.1, 0.15) is 40.4 Å². The number of sulfone groups is 1. The first-order chi connectivity index (χ1) is 17.5. The van der Waals surface area contributed by atoms with Crippen molar-refractivity contribution in [1.29, 1.82) is 0 Å². The van der Waals surface area contributed by atoms with Crippen molar-refractivity contribution in [2.45, 2.75) is 37.4 Å². The molecule has 0 saturated carbocycles. The van der Waals surface area contributed by atoms with Gasteiger partial charge in [-0.3, -0.25) is 4.79 Å². The van der Waals surface area contributed by atoms with Gasteiger partial charge in [0.1, 0.15) is 0 Å². The Bertz CT molecular complexity index is 1320. The van der Waals surface area contributed by atoms with E-state index in [1.54, 1.807) is 55.5 Å². The summed E-state index contributed by atoms with van der Waals surface area (Å²) in [5.74, 6) is 0.160. The lowest BCUT2D eigenvalue weighted by molar-refractivity contribution is -0.137. The number of halogens is 3. The molecule has 0 bridgehead atoms. The van der Waals surface area contributed by atoms with Gasteiger partial charge < -0.3 is 10.2 Å². The molecule has 0 aromatic heterocycles. The first-order valence-electron chi connectivity index (χ1n) is 12.2. The van der Waals surface area contributed by atoms with Crippen molar-refractivity contribution in [3.05, 3.63) is 95.1 Å². The molecular weight excluding hydrogens is 501 g/mol. The molecule has 1 aliphatic rings. The lowest BCUT2D eigenvalue weighted by Gasteiger charge is -2.19. The molecule has 1 amide bonds. The lowest BCUT2D eigenvalue weighted by atomic mass is 9.98. The molecule has 1 saturated heterocycles. The van der Waals surface area contributed by atoms with E-state index in [-0.39, 0.29) is 23.1 Å². The van der Waals surface area contributed by atoms with Gasteiger partial charge in [0.15, 0.2) is 9.84 Å². The second-order valence-electron chi connectivity index (χ2n) is 9.28. The van der Waals surface area contributed by atoms with E-state index in [1.807, 2.05) is 12.1 Å². The van der Waals surface area contributed by atoms with Crippen molar-refractivity contribution in [2.24, 2.45) is 5.92 Å². The van der Waals surface area contributed by atoms with Crippen LogP contribution in [0, 0.1) is 5.92 Å². The number of nitrogens with zero attached hydrogens (tertiary/aromatic N) is 1. The predicted octanol–water partition coefficient (Wildman–Crippen LogP) is 5.50. The van der Waals surface area contributed by atoms with E-state index in [4.69, 9.17) is 0 Å². The predicted molar refractivity (Wildman–Crippen MR) is 137 cm³/mol. The van der Waals surface area contributed by atoms with Gasteiger partial charge in [0.25, 0.3) is 5.91 Å². The number of anilines is 1. The third-order valence-electron chi connectivity index (χ3n) is 6.70. The summed E-state index contributed by atoms with van der Waals surface area (Å²) in [5.41, 5.74) is 2.59. The van der Waals surface area contributed by atoms with Gasteiger partial charge in [0.2, 0.25) is 0 Å². The second kappa shape index (κ2) is 11.0. The maximum atomic E-state index is 12.8. The normalized spacial score (nSPS) is 16.1. The molecule has 0 radical (unpaired) electrons. The Morgan fingerprint density at radius 2 is 1.57 bits per heavy atom. The summed E-state index contributed by atoms with van der Waals surface area (Å²) in [6, 6.07) is 19.2. The number of amides is 1. The fraction of sp³-hybridized carbons (Fsp3) is 0.321. The zero-order chi connectivity index (χ0) is 26.6. The highest BCUT2D eigenvalue weighted by atomic mass is 32.2. The number of alkyl halides is 3. The molecule has 4 rings (SSSR count). The number of hydrogen-bond acceptors (Lipinski definition) is 4.